The van der Waals surface area contributed by atoms with Gasteiger partial charge in [-0.25, -0.2) is 0 Å². The lowest BCUT2D eigenvalue weighted by molar-refractivity contribution is 0.0961. The molecule has 84 valence electrons. The Balaban J connectivity index is 2.19. The quantitative estimate of drug-likeness (QED) is 0.743. The molecule has 0 saturated carbocycles. The molecule has 3 rings (SSSR count). The Morgan fingerprint density at radius 1 is 1.06 bits per heavy atom. The van der Waals surface area contributed by atoms with Crippen molar-refractivity contribution in [1.82, 2.24) is 0 Å². The smallest absolute Gasteiger partial charge is 0.204 e. The van der Waals surface area contributed by atoms with Crippen LogP contribution < -0.4 is 4.74 Å². The van der Waals surface area contributed by atoms with Crippen LogP contribution in [0.3, 0.4) is 0 Å². The number of Topliss-reactive ketones (excluding diaryl/α,β-unsaturated/α-hetero) is 1. The molecule has 0 radical (unpaired) electrons. The SMILES string of the molecule is Cc1ccc(-c2cccc3c2C(=O)CO3)cc1. The van der Waals surface area contributed by atoms with Crippen molar-refractivity contribution >= 4 is 5.78 Å². The number of benzene rings is 2. The van der Waals surface area contributed by atoms with E-state index in [0.29, 0.717) is 5.75 Å². The van der Waals surface area contributed by atoms with Gasteiger partial charge in [-0.15, -0.1) is 0 Å². The number of hydrogen-bond donors (Lipinski definition) is 0. The zero-order chi connectivity index (χ0) is 11.8. The number of carbonyl (C=O) groups is 1. The minimum Gasteiger partial charge on any atom is -0.485 e. The molecule has 0 aromatic heterocycles. The molecule has 0 atom stereocenters. The van der Waals surface area contributed by atoms with Gasteiger partial charge in [-0.2, -0.15) is 0 Å². The molecule has 0 fully saturated rings. The van der Waals surface area contributed by atoms with E-state index in [-0.39, 0.29) is 12.4 Å². The first kappa shape index (κ1) is 10.1. The van der Waals surface area contributed by atoms with E-state index in [4.69, 9.17) is 4.74 Å². The topological polar surface area (TPSA) is 26.3 Å². The number of carbonyl (C=O) groups excluding carboxylic acids is 1. The van der Waals surface area contributed by atoms with Crippen LogP contribution in [0.25, 0.3) is 11.1 Å². The van der Waals surface area contributed by atoms with Gasteiger partial charge in [0.15, 0.2) is 6.61 Å². The predicted molar refractivity (Wildman–Crippen MR) is 66.4 cm³/mol. The molecule has 0 aliphatic carbocycles. The molecule has 0 bridgehead atoms. The first-order valence-electron chi connectivity index (χ1n) is 5.62. The highest BCUT2D eigenvalue weighted by Crippen LogP contribution is 2.34. The summed E-state index contributed by atoms with van der Waals surface area (Å²) < 4.78 is 5.35. The van der Waals surface area contributed by atoms with E-state index in [9.17, 15) is 4.79 Å². The average molecular weight is 224 g/mol. The van der Waals surface area contributed by atoms with Gasteiger partial charge in [0.05, 0.1) is 5.56 Å². The molecule has 0 saturated heterocycles. The maximum atomic E-state index is 11.8. The fourth-order valence-electron chi connectivity index (χ4n) is 2.13. The molecule has 17 heavy (non-hydrogen) atoms. The van der Waals surface area contributed by atoms with Crippen LogP contribution in [0.15, 0.2) is 42.5 Å². The van der Waals surface area contributed by atoms with Gasteiger partial charge in [0.25, 0.3) is 0 Å². The predicted octanol–water partition coefficient (Wildman–Crippen LogP) is 3.24. The van der Waals surface area contributed by atoms with Gasteiger partial charge in [0.1, 0.15) is 5.75 Å². The Bertz CT molecular complexity index is 582. The number of ketones is 1. The van der Waals surface area contributed by atoms with Crippen molar-refractivity contribution in [2.24, 2.45) is 0 Å². The van der Waals surface area contributed by atoms with Crippen LogP contribution >= 0.6 is 0 Å². The van der Waals surface area contributed by atoms with Crippen LogP contribution in [0.4, 0.5) is 0 Å². The maximum Gasteiger partial charge on any atom is 0.204 e. The normalized spacial score (nSPS) is 13.4. The summed E-state index contributed by atoms with van der Waals surface area (Å²) in [5.74, 6) is 0.768. The molecule has 1 aliphatic rings. The van der Waals surface area contributed by atoms with Crippen LogP contribution in [0, 0.1) is 6.92 Å². The van der Waals surface area contributed by atoms with E-state index >= 15 is 0 Å². The number of hydrogen-bond acceptors (Lipinski definition) is 2. The Kier molecular flexibility index (Phi) is 2.22. The fourth-order valence-corrected chi connectivity index (χ4v) is 2.13. The monoisotopic (exact) mass is 224 g/mol. The second kappa shape index (κ2) is 3.74. The molecule has 2 heteroatoms. The van der Waals surface area contributed by atoms with Gasteiger partial charge in [-0.05, 0) is 24.1 Å². The maximum absolute atomic E-state index is 11.8. The number of aryl methyl sites for hydroxylation is 1. The van der Waals surface area contributed by atoms with Crippen LogP contribution in [0.1, 0.15) is 15.9 Å². The lowest BCUT2D eigenvalue weighted by atomic mass is 9.97. The number of rotatable bonds is 1. The molecule has 0 spiro atoms. The summed E-state index contributed by atoms with van der Waals surface area (Å²) in [5.41, 5.74) is 3.96. The molecule has 0 amide bonds. The van der Waals surface area contributed by atoms with E-state index in [1.165, 1.54) is 5.56 Å². The second-order valence-corrected chi connectivity index (χ2v) is 4.26. The lowest BCUT2D eigenvalue weighted by Gasteiger charge is -2.06. The van der Waals surface area contributed by atoms with Crippen molar-refractivity contribution in [2.45, 2.75) is 6.92 Å². The summed E-state index contributed by atoms with van der Waals surface area (Å²) >= 11 is 0. The lowest BCUT2D eigenvalue weighted by Crippen LogP contribution is -2.00. The first-order chi connectivity index (χ1) is 8.25. The van der Waals surface area contributed by atoms with E-state index in [1.807, 2.05) is 37.3 Å². The number of ether oxygens (including phenoxy) is 1. The zero-order valence-corrected chi connectivity index (χ0v) is 9.57. The molecule has 0 N–H and O–H groups in total. The summed E-state index contributed by atoms with van der Waals surface area (Å²) in [7, 11) is 0. The van der Waals surface area contributed by atoms with Crippen LogP contribution in [0.5, 0.6) is 5.75 Å². The van der Waals surface area contributed by atoms with Crippen molar-refractivity contribution in [3.63, 3.8) is 0 Å². The summed E-state index contributed by atoms with van der Waals surface area (Å²) in [5, 5.41) is 0. The molecule has 1 aliphatic heterocycles. The third kappa shape index (κ3) is 1.62. The van der Waals surface area contributed by atoms with Gasteiger partial charge in [0.2, 0.25) is 5.78 Å². The summed E-state index contributed by atoms with van der Waals surface area (Å²) in [6, 6.07) is 13.9. The van der Waals surface area contributed by atoms with Crippen molar-refractivity contribution in [2.75, 3.05) is 6.61 Å². The van der Waals surface area contributed by atoms with Crippen LogP contribution in [0.2, 0.25) is 0 Å². The van der Waals surface area contributed by atoms with Crippen LogP contribution in [-0.2, 0) is 0 Å². The molecule has 2 aromatic rings. The minimum absolute atomic E-state index is 0.0659. The standard InChI is InChI=1S/C15H12O2/c1-10-5-7-11(8-6-10)12-3-2-4-14-15(12)13(16)9-17-14/h2-8H,9H2,1H3. The number of fused-ring (bicyclic) bond motifs is 1. The third-order valence-corrected chi connectivity index (χ3v) is 3.03. The van der Waals surface area contributed by atoms with Gasteiger partial charge < -0.3 is 4.74 Å². The highest BCUT2D eigenvalue weighted by atomic mass is 16.5. The molecule has 0 unspecified atom stereocenters. The van der Waals surface area contributed by atoms with E-state index < -0.39 is 0 Å². The van der Waals surface area contributed by atoms with E-state index in [1.54, 1.807) is 0 Å². The second-order valence-electron chi connectivity index (χ2n) is 4.26. The van der Waals surface area contributed by atoms with Crippen molar-refractivity contribution in [3.05, 3.63) is 53.6 Å². The summed E-state index contributed by atoms with van der Waals surface area (Å²) in [6.07, 6.45) is 0. The van der Waals surface area contributed by atoms with Gasteiger partial charge in [0, 0.05) is 0 Å². The van der Waals surface area contributed by atoms with Crippen molar-refractivity contribution in [1.29, 1.82) is 0 Å². The highest BCUT2D eigenvalue weighted by molar-refractivity contribution is 6.07. The van der Waals surface area contributed by atoms with Gasteiger partial charge >= 0.3 is 0 Å². The Morgan fingerprint density at radius 2 is 1.82 bits per heavy atom. The Labute approximate surface area is 99.9 Å². The Morgan fingerprint density at radius 3 is 2.59 bits per heavy atom. The average Bonchev–Trinajstić information content (AvgIpc) is 2.73. The van der Waals surface area contributed by atoms with Crippen molar-refractivity contribution < 1.29 is 9.53 Å². The van der Waals surface area contributed by atoms with Crippen LogP contribution in [-0.4, -0.2) is 12.4 Å². The molecule has 2 aromatic carbocycles. The molecular weight excluding hydrogens is 212 g/mol. The third-order valence-electron chi connectivity index (χ3n) is 3.03. The highest BCUT2D eigenvalue weighted by Gasteiger charge is 2.24. The zero-order valence-electron chi connectivity index (χ0n) is 9.57. The van der Waals surface area contributed by atoms with E-state index in [2.05, 4.69) is 12.1 Å². The minimum atomic E-state index is 0.0659. The summed E-state index contributed by atoms with van der Waals surface area (Å²) in [6.45, 7) is 2.21. The van der Waals surface area contributed by atoms with Gasteiger partial charge in [-0.3, -0.25) is 4.79 Å². The molecule has 2 nitrogen and oxygen atoms in total. The Hall–Kier alpha value is -2.09. The first-order valence-corrected chi connectivity index (χ1v) is 5.62. The van der Waals surface area contributed by atoms with Gasteiger partial charge in [-0.1, -0.05) is 42.0 Å². The summed E-state index contributed by atoms with van der Waals surface area (Å²) in [4.78, 5) is 11.8. The fraction of sp³-hybridized carbons (Fsp3) is 0.133. The largest absolute Gasteiger partial charge is 0.485 e. The molecular formula is C15H12O2. The molecule has 1 heterocycles. The van der Waals surface area contributed by atoms with Crippen molar-refractivity contribution in [3.8, 4) is 16.9 Å². The van der Waals surface area contributed by atoms with E-state index in [0.717, 1.165) is 16.7 Å².